The number of hydrogen-bond acceptors (Lipinski definition) is 1. The van der Waals surface area contributed by atoms with Crippen LogP contribution in [0.15, 0.2) is 18.2 Å². The summed E-state index contributed by atoms with van der Waals surface area (Å²) in [5.41, 5.74) is 1.71. The fourth-order valence-corrected chi connectivity index (χ4v) is 1.33. The Labute approximate surface area is 78.2 Å². The van der Waals surface area contributed by atoms with E-state index in [-0.39, 0.29) is 11.7 Å². The molecular weight excluding hydrogens is 171 g/mol. The van der Waals surface area contributed by atoms with Gasteiger partial charge in [0.15, 0.2) is 0 Å². The van der Waals surface area contributed by atoms with Gasteiger partial charge in [0.25, 0.3) is 0 Å². The number of hydrogen-bond donors (Lipinski definition) is 1. The van der Waals surface area contributed by atoms with Crippen LogP contribution < -0.4 is 0 Å². The van der Waals surface area contributed by atoms with Crippen LogP contribution in [0.4, 0.5) is 4.39 Å². The number of thiol groups is 1. The van der Waals surface area contributed by atoms with Gasteiger partial charge in [-0.15, -0.1) is 0 Å². The van der Waals surface area contributed by atoms with Gasteiger partial charge in [-0.05, 0) is 23.1 Å². The van der Waals surface area contributed by atoms with Crippen molar-refractivity contribution in [2.45, 2.75) is 25.5 Å². The Morgan fingerprint density at radius 2 is 2.08 bits per heavy atom. The van der Waals surface area contributed by atoms with Gasteiger partial charge in [-0.3, -0.25) is 0 Å². The van der Waals surface area contributed by atoms with E-state index in [1.807, 2.05) is 26.0 Å². The standard InChI is InChI=1S/C10H13FS/c1-7(2)9-4-3-8(6-12)5-10(9)11/h3-5,7,12H,6H2,1-2H3. The van der Waals surface area contributed by atoms with Crippen LogP contribution in [0.25, 0.3) is 0 Å². The van der Waals surface area contributed by atoms with Crippen molar-refractivity contribution >= 4 is 12.6 Å². The highest BCUT2D eigenvalue weighted by molar-refractivity contribution is 7.79. The maximum atomic E-state index is 13.3. The Morgan fingerprint density at radius 1 is 1.42 bits per heavy atom. The molecule has 2 heteroatoms. The molecule has 0 N–H and O–H groups in total. The number of benzene rings is 1. The van der Waals surface area contributed by atoms with Gasteiger partial charge in [0.05, 0.1) is 0 Å². The molecule has 0 spiro atoms. The van der Waals surface area contributed by atoms with Crippen molar-refractivity contribution in [2.24, 2.45) is 0 Å². The zero-order valence-corrected chi connectivity index (χ0v) is 8.24. The lowest BCUT2D eigenvalue weighted by molar-refractivity contribution is 0.597. The fourth-order valence-electron chi connectivity index (χ4n) is 1.14. The summed E-state index contributed by atoms with van der Waals surface area (Å²) in [6, 6.07) is 5.32. The number of halogens is 1. The van der Waals surface area contributed by atoms with Crippen molar-refractivity contribution in [1.82, 2.24) is 0 Å². The van der Waals surface area contributed by atoms with Crippen molar-refractivity contribution < 1.29 is 4.39 Å². The van der Waals surface area contributed by atoms with Crippen molar-refractivity contribution in [1.29, 1.82) is 0 Å². The van der Waals surface area contributed by atoms with Crippen LogP contribution in [-0.4, -0.2) is 0 Å². The second-order valence-electron chi connectivity index (χ2n) is 3.17. The van der Waals surface area contributed by atoms with Gasteiger partial charge in [-0.2, -0.15) is 12.6 Å². The molecule has 1 aromatic carbocycles. The van der Waals surface area contributed by atoms with Gasteiger partial charge < -0.3 is 0 Å². The zero-order valence-electron chi connectivity index (χ0n) is 7.34. The third-order valence-corrected chi connectivity index (χ3v) is 2.23. The van der Waals surface area contributed by atoms with E-state index < -0.39 is 0 Å². The Hall–Kier alpha value is -0.500. The average molecular weight is 184 g/mol. The summed E-state index contributed by atoms with van der Waals surface area (Å²) in [6.45, 7) is 3.97. The Bertz CT molecular complexity index is 269. The highest BCUT2D eigenvalue weighted by Crippen LogP contribution is 2.19. The summed E-state index contributed by atoms with van der Waals surface area (Å²) in [7, 11) is 0. The molecule has 0 unspecified atom stereocenters. The van der Waals surface area contributed by atoms with Gasteiger partial charge in [-0.25, -0.2) is 4.39 Å². The summed E-state index contributed by atoms with van der Waals surface area (Å²) in [4.78, 5) is 0. The second-order valence-corrected chi connectivity index (χ2v) is 3.48. The van der Waals surface area contributed by atoms with Crippen LogP contribution in [0.1, 0.15) is 30.9 Å². The maximum Gasteiger partial charge on any atom is 0.126 e. The molecule has 0 aromatic heterocycles. The molecule has 0 atom stereocenters. The summed E-state index contributed by atoms with van der Waals surface area (Å²) < 4.78 is 13.3. The molecule has 0 bridgehead atoms. The summed E-state index contributed by atoms with van der Waals surface area (Å²) in [6.07, 6.45) is 0. The second kappa shape index (κ2) is 3.94. The van der Waals surface area contributed by atoms with Gasteiger partial charge in [0.1, 0.15) is 5.82 Å². The lowest BCUT2D eigenvalue weighted by Crippen LogP contribution is -1.93. The predicted molar refractivity (Wildman–Crippen MR) is 53.2 cm³/mol. The topological polar surface area (TPSA) is 0 Å². The number of rotatable bonds is 2. The molecular formula is C10H13FS. The largest absolute Gasteiger partial charge is 0.207 e. The Morgan fingerprint density at radius 3 is 2.50 bits per heavy atom. The fraction of sp³-hybridized carbons (Fsp3) is 0.400. The molecule has 0 radical (unpaired) electrons. The third kappa shape index (κ3) is 2.01. The minimum Gasteiger partial charge on any atom is -0.207 e. The lowest BCUT2D eigenvalue weighted by Gasteiger charge is -2.07. The molecule has 0 amide bonds. The average Bonchev–Trinajstić information content (AvgIpc) is 2.03. The molecule has 12 heavy (non-hydrogen) atoms. The zero-order chi connectivity index (χ0) is 9.14. The van der Waals surface area contributed by atoms with Gasteiger partial charge in [0.2, 0.25) is 0 Å². The van der Waals surface area contributed by atoms with Gasteiger partial charge in [0, 0.05) is 5.75 Å². The quantitative estimate of drug-likeness (QED) is 0.669. The first-order valence-corrected chi connectivity index (χ1v) is 4.67. The van der Waals surface area contributed by atoms with E-state index in [2.05, 4.69) is 12.6 Å². The lowest BCUT2D eigenvalue weighted by atomic mass is 10.0. The SMILES string of the molecule is CC(C)c1ccc(CS)cc1F. The van der Waals surface area contributed by atoms with E-state index in [1.54, 1.807) is 6.07 Å². The minimum atomic E-state index is -0.114. The monoisotopic (exact) mass is 184 g/mol. The molecule has 0 saturated carbocycles. The van der Waals surface area contributed by atoms with Crippen molar-refractivity contribution in [3.8, 4) is 0 Å². The van der Waals surface area contributed by atoms with E-state index in [0.29, 0.717) is 5.75 Å². The highest BCUT2D eigenvalue weighted by Gasteiger charge is 2.05. The maximum absolute atomic E-state index is 13.3. The van der Waals surface area contributed by atoms with Crippen molar-refractivity contribution in [3.05, 3.63) is 35.1 Å². The van der Waals surface area contributed by atoms with E-state index in [1.165, 1.54) is 0 Å². The molecule has 0 nitrogen and oxygen atoms in total. The smallest absolute Gasteiger partial charge is 0.126 e. The van der Waals surface area contributed by atoms with Crippen LogP contribution in [0.5, 0.6) is 0 Å². The van der Waals surface area contributed by atoms with Crippen LogP contribution in [0.2, 0.25) is 0 Å². The van der Waals surface area contributed by atoms with Crippen LogP contribution in [0.3, 0.4) is 0 Å². The van der Waals surface area contributed by atoms with E-state index >= 15 is 0 Å². The van der Waals surface area contributed by atoms with Gasteiger partial charge in [-0.1, -0.05) is 26.0 Å². The van der Waals surface area contributed by atoms with Crippen molar-refractivity contribution in [2.75, 3.05) is 0 Å². The normalized spacial score (nSPS) is 10.8. The first-order valence-electron chi connectivity index (χ1n) is 4.04. The molecule has 0 aliphatic rings. The third-order valence-electron chi connectivity index (χ3n) is 1.87. The van der Waals surface area contributed by atoms with Crippen LogP contribution in [-0.2, 0) is 5.75 Å². The Balaban J connectivity index is 3.03. The molecule has 0 fully saturated rings. The molecule has 66 valence electrons. The molecule has 0 saturated heterocycles. The molecule has 0 aliphatic heterocycles. The summed E-state index contributed by atoms with van der Waals surface area (Å²) in [5.74, 6) is 0.727. The Kier molecular flexibility index (Phi) is 3.15. The first-order chi connectivity index (χ1) is 5.65. The van der Waals surface area contributed by atoms with E-state index in [9.17, 15) is 4.39 Å². The van der Waals surface area contributed by atoms with Crippen LogP contribution >= 0.6 is 12.6 Å². The molecule has 0 heterocycles. The van der Waals surface area contributed by atoms with Crippen molar-refractivity contribution in [3.63, 3.8) is 0 Å². The molecule has 0 aliphatic carbocycles. The van der Waals surface area contributed by atoms with Crippen LogP contribution in [0, 0.1) is 5.82 Å². The van der Waals surface area contributed by atoms with E-state index in [4.69, 9.17) is 0 Å². The van der Waals surface area contributed by atoms with E-state index in [0.717, 1.165) is 11.1 Å². The molecule has 1 aromatic rings. The molecule has 1 rings (SSSR count). The first kappa shape index (κ1) is 9.59. The summed E-state index contributed by atoms with van der Waals surface area (Å²) >= 11 is 4.08. The predicted octanol–water partition coefficient (Wildman–Crippen LogP) is 3.38. The van der Waals surface area contributed by atoms with Gasteiger partial charge >= 0.3 is 0 Å². The highest BCUT2D eigenvalue weighted by atomic mass is 32.1. The summed E-state index contributed by atoms with van der Waals surface area (Å²) in [5, 5.41) is 0. The minimum absolute atomic E-state index is 0.114.